The van der Waals surface area contributed by atoms with Gasteiger partial charge in [0.1, 0.15) is 6.61 Å². The number of rotatable bonds is 6. The Bertz CT molecular complexity index is 373. The van der Waals surface area contributed by atoms with Gasteiger partial charge in [0.2, 0.25) is 5.88 Å². The molecule has 0 fully saturated rings. The summed E-state index contributed by atoms with van der Waals surface area (Å²) in [5, 5.41) is 0. The summed E-state index contributed by atoms with van der Waals surface area (Å²) in [4.78, 5) is 4.52. The van der Waals surface area contributed by atoms with Crippen molar-refractivity contribution in [1.29, 1.82) is 0 Å². The van der Waals surface area contributed by atoms with Gasteiger partial charge in [0, 0.05) is 24.6 Å². The molecule has 0 aliphatic rings. The van der Waals surface area contributed by atoms with Crippen LogP contribution in [-0.4, -0.2) is 24.8 Å². The van der Waals surface area contributed by atoms with Crippen LogP contribution in [0.4, 0.5) is 0 Å². The molecule has 0 unspecified atom stereocenters. The monoisotopic (exact) mass is 252 g/mol. The molecule has 102 valence electrons. The van der Waals surface area contributed by atoms with Gasteiger partial charge in [0.05, 0.1) is 12.3 Å². The van der Waals surface area contributed by atoms with Gasteiger partial charge in [-0.05, 0) is 18.6 Å². The number of pyridine rings is 1. The van der Waals surface area contributed by atoms with Crippen molar-refractivity contribution in [2.24, 2.45) is 5.73 Å². The van der Waals surface area contributed by atoms with E-state index < -0.39 is 0 Å². The molecule has 0 saturated heterocycles. The molecule has 0 radical (unpaired) electrons. The van der Waals surface area contributed by atoms with E-state index in [1.54, 1.807) is 0 Å². The van der Waals surface area contributed by atoms with E-state index in [9.17, 15) is 0 Å². The predicted molar refractivity (Wildman–Crippen MR) is 72.8 cm³/mol. The lowest BCUT2D eigenvalue weighted by molar-refractivity contribution is 0.108. The lowest BCUT2D eigenvalue weighted by atomic mass is 9.91. The maximum Gasteiger partial charge on any atom is 0.213 e. The highest BCUT2D eigenvalue weighted by Crippen LogP contribution is 2.24. The zero-order chi connectivity index (χ0) is 13.6. The van der Waals surface area contributed by atoms with Crippen molar-refractivity contribution in [3.63, 3.8) is 0 Å². The molecule has 1 rings (SSSR count). The van der Waals surface area contributed by atoms with E-state index in [1.165, 1.54) is 0 Å². The van der Waals surface area contributed by atoms with Crippen LogP contribution in [0.1, 0.15) is 39.0 Å². The summed E-state index contributed by atoms with van der Waals surface area (Å²) in [5.41, 5.74) is 7.73. The van der Waals surface area contributed by atoms with Crippen LogP contribution in [-0.2, 0) is 16.7 Å². The van der Waals surface area contributed by atoms with Crippen LogP contribution in [0.25, 0.3) is 0 Å². The number of nitrogens with two attached hydrogens (primary N) is 1. The Morgan fingerprint density at radius 2 is 1.94 bits per heavy atom. The van der Waals surface area contributed by atoms with Gasteiger partial charge in [0.25, 0.3) is 0 Å². The van der Waals surface area contributed by atoms with Gasteiger partial charge in [-0.2, -0.15) is 0 Å². The molecule has 0 bridgehead atoms. The summed E-state index contributed by atoms with van der Waals surface area (Å²) in [5.74, 6) is 0.627. The summed E-state index contributed by atoms with van der Waals surface area (Å²) in [6.07, 6.45) is 0. The Hall–Kier alpha value is -1.13. The first kappa shape index (κ1) is 14.9. The van der Waals surface area contributed by atoms with E-state index in [-0.39, 0.29) is 5.41 Å². The number of hydrogen-bond acceptors (Lipinski definition) is 4. The van der Waals surface area contributed by atoms with Crippen molar-refractivity contribution < 1.29 is 9.47 Å². The second-order valence-electron chi connectivity index (χ2n) is 5.20. The second-order valence-corrected chi connectivity index (χ2v) is 5.20. The molecule has 0 aliphatic carbocycles. The maximum absolute atomic E-state index is 5.70. The van der Waals surface area contributed by atoms with Crippen molar-refractivity contribution in [3.8, 4) is 5.88 Å². The topological polar surface area (TPSA) is 57.4 Å². The first-order valence-corrected chi connectivity index (χ1v) is 6.39. The van der Waals surface area contributed by atoms with Crippen molar-refractivity contribution in [1.82, 2.24) is 4.98 Å². The Kier molecular flexibility index (Phi) is 5.56. The molecule has 4 nitrogen and oxygen atoms in total. The van der Waals surface area contributed by atoms with E-state index in [0.29, 0.717) is 32.2 Å². The molecule has 1 aromatic rings. The highest BCUT2D eigenvalue weighted by molar-refractivity contribution is 5.28. The fourth-order valence-electron chi connectivity index (χ4n) is 1.48. The van der Waals surface area contributed by atoms with Gasteiger partial charge in [-0.1, -0.05) is 20.8 Å². The zero-order valence-electron chi connectivity index (χ0n) is 11.8. The normalized spacial score (nSPS) is 11.6. The molecule has 0 atom stereocenters. The van der Waals surface area contributed by atoms with Gasteiger partial charge < -0.3 is 15.2 Å². The molecule has 1 heterocycles. The van der Waals surface area contributed by atoms with Crippen LogP contribution in [0.2, 0.25) is 0 Å². The molecule has 0 saturated carbocycles. The summed E-state index contributed by atoms with van der Waals surface area (Å²) in [6.45, 7) is 10.6. The molecule has 18 heavy (non-hydrogen) atoms. The highest BCUT2D eigenvalue weighted by atomic mass is 16.5. The highest BCUT2D eigenvalue weighted by Gasteiger charge is 2.17. The van der Waals surface area contributed by atoms with Crippen LogP contribution in [0.3, 0.4) is 0 Å². The van der Waals surface area contributed by atoms with E-state index >= 15 is 0 Å². The molecular weight excluding hydrogens is 228 g/mol. The lowest BCUT2D eigenvalue weighted by Gasteiger charge is -2.19. The van der Waals surface area contributed by atoms with Crippen molar-refractivity contribution in [2.75, 3.05) is 19.8 Å². The fraction of sp³-hybridized carbons (Fsp3) is 0.643. The Morgan fingerprint density at radius 1 is 1.22 bits per heavy atom. The average Bonchev–Trinajstić information content (AvgIpc) is 2.33. The smallest absolute Gasteiger partial charge is 0.213 e. The number of nitrogens with zero attached hydrogens (tertiary/aromatic N) is 1. The molecule has 4 heteroatoms. The third-order valence-electron chi connectivity index (χ3n) is 2.55. The number of aromatic nitrogens is 1. The lowest BCUT2D eigenvalue weighted by Crippen LogP contribution is -2.16. The van der Waals surface area contributed by atoms with Crippen molar-refractivity contribution >= 4 is 0 Å². The number of ether oxygens (including phenoxy) is 2. The SMILES string of the molecule is CCOCCOc1cc(CN)cc(C(C)(C)C)n1. The minimum Gasteiger partial charge on any atom is -0.475 e. The van der Waals surface area contributed by atoms with Crippen molar-refractivity contribution in [3.05, 3.63) is 23.4 Å². The molecule has 0 aromatic carbocycles. The Morgan fingerprint density at radius 3 is 2.50 bits per heavy atom. The summed E-state index contributed by atoms with van der Waals surface area (Å²) in [7, 11) is 0. The third kappa shape index (κ3) is 4.63. The Labute approximate surface area is 110 Å². The first-order chi connectivity index (χ1) is 8.47. The minimum atomic E-state index is -0.0107. The van der Waals surface area contributed by atoms with E-state index in [4.69, 9.17) is 15.2 Å². The second kappa shape index (κ2) is 6.71. The predicted octanol–water partition coefficient (Wildman–Crippen LogP) is 2.25. The Balaban J connectivity index is 2.78. The zero-order valence-corrected chi connectivity index (χ0v) is 11.8. The average molecular weight is 252 g/mol. The first-order valence-electron chi connectivity index (χ1n) is 6.39. The van der Waals surface area contributed by atoms with Gasteiger partial charge in [-0.3, -0.25) is 0 Å². The molecular formula is C14H24N2O2. The van der Waals surface area contributed by atoms with Gasteiger partial charge in [0.15, 0.2) is 0 Å². The van der Waals surface area contributed by atoms with E-state index in [2.05, 4.69) is 25.8 Å². The van der Waals surface area contributed by atoms with Crippen LogP contribution in [0.15, 0.2) is 12.1 Å². The molecule has 0 spiro atoms. The van der Waals surface area contributed by atoms with E-state index in [0.717, 1.165) is 11.3 Å². The van der Waals surface area contributed by atoms with Crippen molar-refractivity contribution in [2.45, 2.75) is 39.7 Å². The largest absolute Gasteiger partial charge is 0.475 e. The molecule has 1 aromatic heterocycles. The third-order valence-corrected chi connectivity index (χ3v) is 2.55. The van der Waals surface area contributed by atoms with Gasteiger partial charge in [-0.15, -0.1) is 0 Å². The van der Waals surface area contributed by atoms with Crippen LogP contribution >= 0.6 is 0 Å². The van der Waals surface area contributed by atoms with E-state index in [1.807, 2.05) is 19.1 Å². The summed E-state index contributed by atoms with van der Waals surface area (Å²) >= 11 is 0. The fourth-order valence-corrected chi connectivity index (χ4v) is 1.48. The van der Waals surface area contributed by atoms with Crippen LogP contribution in [0.5, 0.6) is 5.88 Å². The standard InChI is InChI=1S/C14H24N2O2/c1-5-17-6-7-18-13-9-11(10-15)8-12(16-13)14(2,3)4/h8-9H,5-7,10,15H2,1-4H3. The maximum atomic E-state index is 5.70. The van der Waals surface area contributed by atoms with Gasteiger partial charge in [-0.25, -0.2) is 4.98 Å². The quantitative estimate of drug-likeness (QED) is 0.789. The molecule has 0 aliphatic heterocycles. The van der Waals surface area contributed by atoms with Gasteiger partial charge >= 0.3 is 0 Å². The summed E-state index contributed by atoms with van der Waals surface area (Å²) < 4.78 is 10.8. The minimum absolute atomic E-state index is 0.0107. The van der Waals surface area contributed by atoms with Crippen LogP contribution < -0.4 is 10.5 Å². The van der Waals surface area contributed by atoms with Crippen LogP contribution in [0, 0.1) is 0 Å². The molecule has 0 amide bonds. The number of hydrogen-bond donors (Lipinski definition) is 1. The molecule has 2 N–H and O–H groups in total. The summed E-state index contributed by atoms with van der Waals surface area (Å²) in [6, 6.07) is 3.93.